The molecule has 4 atom stereocenters. The fourth-order valence-electron chi connectivity index (χ4n) is 5.99. The van der Waals surface area contributed by atoms with Crippen LogP contribution in [0.4, 0.5) is 0 Å². The standard InChI is InChI=1S/C25H23N/c1-2-4-17(5-3-1)19-7-9-25(26-15-19)18-6-8-22-20-10-16-11-21(13-20)23(12-16)24(22)14-18/h1-9,14-16,20-21,23H,10-13H2. The van der Waals surface area contributed by atoms with E-state index in [1.807, 2.05) is 6.20 Å². The van der Waals surface area contributed by atoms with Crippen LogP contribution in [0.1, 0.15) is 48.6 Å². The molecule has 0 saturated heterocycles. The number of pyridine rings is 1. The van der Waals surface area contributed by atoms with E-state index in [9.17, 15) is 0 Å². The maximum Gasteiger partial charge on any atom is 0.0702 e. The van der Waals surface area contributed by atoms with Crippen molar-refractivity contribution in [2.24, 2.45) is 11.8 Å². The van der Waals surface area contributed by atoms with Gasteiger partial charge in [-0.25, -0.2) is 0 Å². The molecule has 2 fully saturated rings. The second-order valence-corrected chi connectivity index (χ2v) is 8.51. The SMILES string of the molecule is c1ccc(-c2ccc(-c3ccc4c(c3)C3CC5CC4CC3C5)nc2)cc1. The molecule has 3 bridgehead atoms. The largest absolute Gasteiger partial charge is 0.256 e. The molecule has 1 heterocycles. The molecule has 4 unspecified atom stereocenters. The molecule has 128 valence electrons. The monoisotopic (exact) mass is 337 g/mol. The Morgan fingerprint density at radius 3 is 2.42 bits per heavy atom. The summed E-state index contributed by atoms with van der Waals surface area (Å²) in [5.41, 5.74) is 8.10. The molecule has 1 heteroatoms. The van der Waals surface area contributed by atoms with E-state index < -0.39 is 0 Å². The van der Waals surface area contributed by atoms with E-state index in [4.69, 9.17) is 4.98 Å². The summed E-state index contributed by atoms with van der Waals surface area (Å²) in [6.07, 6.45) is 7.80. The number of hydrogen-bond donors (Lipinski definition) is 0. The van der Waals surface area contributed by atoms with Gasteiger partial charge in [-0.3, -0.25) is 4.98 Å². The first-order valence-corrected chi connectivity index (χ1v) is 10.0. The van der Waals surface area contributed by atoms with Crippen LogP contribution in [-0.2, 0) is 0 Å². The predicted molar refractivity (Wildman–Crippen MR) is 106 cm³/mol. The highest BCUT2D eigenvalue weighted by molar-refractivity contribution is 5.67. The van der Waals surface area contributed by atoms with E-state index in [1.165, 1.54) is 42.4 Å². The lowest BCUT2D eigenvalue weighted by Gasteiger charge is -2.36. The van der Waals surface area contributed by atoms with Gasteiger partial charge in [-0.2, -0.15) is 0 Å². The van der Waals surface area contributed by atoms with Crippen LogP contribution in [0.25, 0.3) is 22.4 Å². The predicted octanol–water partition coefficient (Wildman–Crippen LogP) is 6.42. The number of rotatable bonds is 2. The number of hydrogen-bond acceptors (Lipinski definition) is 1. The molecule has 0 N–H and O–H groups in total. The van der Waals surface area contributed by atoms with Crippen LogP contribution in [0, 0.1) is 11.8 Å². The lowest BCUT2D eigenvalue weighted by atomic mass is 9.69. The molecule has 3 aliphatic rings. The zero-order chi connectivity index (χ0) is 17.1. The molecule has 0 radical (unpaired) electrons. The third kappa shape index (κ3) is 2.19. The van der Waals surface area contributed by atoms with Gasteiger partial charge in [-0.15, -0.1) is 0 Å². The summed E-state index contributed by atoms with van der Waals surface area (Å²) in [5, 5.41) is 0. The van der Waals surface area contributed by atoms with Gasteiger partial charge in [0.2, 0.25) is 0 Å². The first-order valence-electron chi connectivity index (χ1n) is 10.0. The summed E-state index contributed by atoms with van der Waals surface area (Å²) >= 11 is 0. The minimum atomic E-state index is 0.817. The molecule has 3 aromatic rings. The van der Waals surface area contributed by atoms with Crippen LogP contribution >= 0.6 is 0 Å². The van der Waals surface area contributed by atoms with Crippen molar-refractivity contribution in [3.63, 3.8) is 0 Å². The van der Waals surface area contributed by atoms with Gasteiger partial charge in [0.25, 0.3) is 0 Å². The number of nitrogens with zero attached hydrogens (tertiary/aromatic N) is 1. The second kappa shape index (κ2) is 5.54. The lowest BCUT2D eigenvalue weighted by Crippen LogP contribution is -2.22. The van der Waals surface area contributed by atoms with Gasteiger partial charge in [0.05, 0.1) is 5.69 Å². The minimum Gasteiger partial charge on any atom is -0.256 e. The van der Waals surface area contributed by atoms with Crippen LogP contribution in [0.3, 0.4) is 0 Å². The fraction of sp³-hybridized carbons (Fsp3) is 0.320. The van der Waals surface area contributed by atoms with Gasteiger partial charge in [0, 0.05) is 17.3 Å². The average Bonchev–Trinajstić information content (AvgIpc) is 2.95. The number of fused-ring (bicyclic) bond motifs is 5. The molecule has 1 aromatic heterocycles. The third-order valence-corrected chi connectivity index (χ3v) is 7.09. The third-order valence-electron chi connectivity index (χ3n) is 7.09. The molecule has 0 spiro atoms. The van der Waals surface area contributed by atoms with Crippen LogP contribution in [-0.4, -0.2) is 4.98 Å². The normalized spacial score (nSPS) is 28.2. The number of aromatic nitrogens is 1. The lowest BCUT2D eigenvalue weighted by molar-refractivity contribution is 0.296. The molecule has 0 aliphatic heterocycles. The van der Waals surface area contributed by atoms with Crippen molar-refractivity contribution in [1.82, 2.24) is 4.98 Å². The maximum absolute atomic E-state index is 4.79. The molecule has 2 saturated carbocycles. The van der Waals surface area contributed by atoms with Crippen molar-refractivity contribution >= 4 is 0 Å². The van der Waals surface area contributed by atoms with Crippen LogP contribution in [0.5, 0.6) is 0 Å². The molecule has 0 amide bonds. The topological polar surface area (TPSA) is 12.9 Å². The van der Waals surface area contributed by atoms with E-state index in [-0.39, 0.29) is 0 Å². The smallest absolute Gasteiger partial charge is 0.0702 e. The Bertz CT molecular complexity index is 955. The van der Waals surface area contributed by atoms with Crippen LogP contribution in [0.2, 0.25) is 0 Å². The molecule has 3 aliphatic carbocycles. The van der Waals surface area contributed by atoms with E-state index in [2.05, 4.69) is 60.7 Å². The molecule has 1 nitrogen and oxygen atoms in total. The van der Waals surface area contributed by atoms with Gasteiger partial charge in [0.15, 0.2) is 0 Å². The zero-order valence-corrected chi connectivity index (χ0v) is 14.9. The van der Waals surface area contributed by atoms with E-state index in [0.29, 0.717) is 0 Å². The summed E-state index contributed by atoms with van der Waals surface area (Å²) in [6.45, 7) is 0. The van der Waals surface area contributed by atoms with Crippen LogP contribution in [0.15, 0.2) is 66.9 Å². The van der Waals surface area contributed by atoms with Crippen molar-refractivity contribution in [2.75, 3.05) is 0 Å². The van der Waals surface area contributed by atoms with E-state index in [0.717, 1.165) is 29.4 Å². The molecule has 26 heavy (non-hydrogen) atoms. The summed E-state index contributed by atoms with van der Waals surface area (Å²) in [5.74, 6) is 3.59. The van der Waals surface area contributed by atoms with Gasteiger partial charge in [-0.05, 0) is 78.2 Å². The molecule has 6 rings (SSSR count). The minimum absolute atomic E-state index is 0.817. The molecular formula is C25H23N. The fourth-order valence-corrected chi connectivity index (χ4v) is 5.99. The van der Waals surface area contributed by atoms with Gasteiger partial charge in [0.1, 0.15) is 0 Å². The van der Waals surface area contributed by atoms with E-state index >= 15 is 0 Å². The Morgan fingerprint density at radius 1 is 0.692 bits per heavy atom. The summed E-state index contributed by atoms with van der Waals surface area (Å²) in [7, 11) is 0. The maximum atomic E-state index is 4.79. The van der Waals surface area contributed by atoms with Gasteiger partial charge >= 0.3 is 0 Å². The second-order valence-electron chi connectivity index (χ2n) is 8.51. The first kappa shape index (κ1) is 14.7. The van der Waals surface area contributed by atoms with Gasteiger partial charge < -0.3 is 0 Å². The zero-order valence-electron chi connectivity index (χ0n) is 14.9. The Kier molecular flexibility index (Phi) is 3.14. The quantitative estimate of drug-likeness (QED) is 0.526. The summed E-state index contributed by atoms with van der Waals surface area (Å²) in [6, 6.07) is 22.1. The Hall–Kier alpha value is -2.41. The Morgan fingerprint density at radius 2 is 1.58 bits per heavy atom. The Balaban J connectivity index is 1.37. The highest BCUT2D eigenvalue weighted by Crippen LogP contribution is 2.60. The number of benzene rings is 2. The highest BCUT2D eigenvalue weighted by atomic mass is 14.7. The average molecular weight is 337 g/mol. The van der Waals surface area contributed by atoms with Crippen LogP contribution < -0.4 is 0 Å². The van der Waals surface area contributed by atoms with Crippen molar-refractivity contribution in [3.05, 3.63) is 78.0 Å². The summed E-state index contributed by atoms with van der Waals surface area (Å²) < 4.78 is 0. The van der Waals surface area contributed by atoms with Gasteiger partial charge in [-0.1, -0.05) is 48.5 Å². The summed E-state index contributed by atoms with van der Waals surface area (Å²) in [4.78, 5) is 4.79. The van der Waals surface area contributed by atoms with Crippen molar-refractivity contribution < 1.29 is 0 Å². The Labute approximate surface area is 155 Å². The molecule has 2 aromatic carbocycles. The van der Waals surface area contributed by atoms with Crippen molar-refractivity contribution in [2.45, 2.75) is 37.5 Å². The highest BCUT2D eigenvalue weighted by Gasteiger charge is 2.46. The van der Waals surface area contributed by atoms with Crippen molar-refractivity contribution in [1.29, 1.82) is 0 Å². The molecular weight excluding hydrogens is 314 g/mol. The first-order chi connectivity index (χ1) is 12.8. The van der Waals surface area contributed by atoms with Crippen molar-refractivity contribution in [3.8, 4) is 22.4 Å². The van der Waals surface area contributed by atoms with E-state index in [1.54, 1.807) is 11.1 Å².